The van der Waals surface area contributed by atoms with Gasteiger partial charge in [-0.3, -0.25) is 4.99 Å². The van der Waals surface area contributed by atoms with Gasteiger partial charge in [0, 0.05) is 28.2 Å². The van der Waals surface area contributed by atoms with E-state index in [1.165, 1.54) is 0 Å². The van der Waals surface area contributed by atoms with Crippen molar-refractivity contribution in [3.8, 4) is 0 Å². The fraction of sp³-hybridized carbons (Fsp3) is 0.588. The van der Waals surface area contributed by atoms with Crippen molar-refractivity contribution in [1.82, 2.24) is 9.80 Å². The Labute approximate surface area is 140 Å². The van der Waals surface area contributed by atoms with E-state index in [1.807, 2.05) is 50.1 Å². The Morgan fingerprint density at radius 2 is 1.48 bits per heavy atom. The Bertz CT molecular complexity index is 629. The standard InChI is InChI=1S/C17H29N3O2S/c1-17(2,3)14-8-10-15(11-9-14)23(21,22)13-12-18-16(19(4)5)20(6)7/h8-11H,12-13H2,1-7H3. The molecule has 0 N–H and O–H groups in total. The van der Waals surface area contributed by atoms with Crippen LogP contribution in [0.3, 0.4) is 0 Å². The van der Waals surface area contributed by atoms with E-state index in [-0.39, 0.29) is 17.7 Å². The van der Waals surface area contributed by atoms with Gasteiger partial charge in [-0.15, -0.1) is 0 Å². The molecule has 1 rings (SSSR count). The summed E-state index contributed by atoms with van der Waals surface area (Å²) >= 11 is 0. The van der Waals surface area contributed by atoms with Gasteiger partial charge in [-0.05, 0) is 23.1 Å². The summed E-state index contributed by atoms with van der Waals surface area (Å²) in [5.74, 6) is 0.760. The maximum Gasteiger partial charge on any atom is 0.195 e. The minimum Gasteiger partial charge on any atom is -0.349 e. The molecule has 130 valence electrons. The third kappa shape index (κ3) is 5.53. The predicted octanol–water partition coefficient (Wildman–Crippen LogP) is 2.24. The van der Waals surface area contributed by atoms with E-state index in [9.17, 15) is 8.42 Å². The van der Waals surface area contributed by atoms with Crippen LogP contribution in [0.1, 0.15) is 26.3 Å². The lowest BCUT2D eigenvalue weighted by Crippen LogP contribution is -2.35. The summed E-state index contributed by atoms with van der Waals surface area (Å²) in [5, 5.41) is 0. The van der Waals surface area contributed by atoms with Crippen LogP contribution in [0, 0.1) is 0 Å². The maximum atomic E-state index is 12.4. The molecule has 0 saturated heterocycles. The van der Waals surface area contributed by atoms with E-state index >= 15 is 0 Å². The summed E-state index contributed by atoms with van der Waals surface area (Å²) in [6.07, 6.45) is 0. The van der Waals surface area contributed by atoms with Gasteiger partial charge in [0.15, 0.2) is 15.8 Å². The van der Waals surface area contributed by atoms with Crippen molar-refractivity contribution in [1.29, 1.82) is 0 Å². The highest BCUT2D eigenvalue weighted by atomic mass is 32.2. The molecule has 1 aromatic carbocycles. The molecule has 0 aliphatic rings. The molecule has 0 spiro atoms. The number of aliphatic imine (C=N–C) groups is 1. The Hall–Kier alpha value is -1.56. The first kappa shape index (κ1) is 19.5. The number of benzene rings is 1. The van der Waals surface area contributed by atoms with E-state index in [2.05, 4.69) is 25.8 Å². The summed E-state index contributed by atoms with van der Waals surface area (Å²) in [4.78, 5) is 8.47. The van der Waals surface area contributed by atoms with Crippen molar-refractivity contribution in [2.24, 2.45) is 4.99 Å². The van der Waals surface area contributed by atoms with E-state index in [1.54, 1.807) is 12.1 Å². The van der Waals surface area contributed by atoms with Crippen LogP contribution in [0.2, 0.25) is 0 Å². The number of nitrogens with zero attached hydrogens (tertiary/aromatic N) is 3. The van der Waals surface area contributed by atoms with Crippen LogP contribution in [-0.2, 0) is 15.3 Å². The SMILES string of the molecule is CN(C)C(=NCCS(=O)(=O)c1ccc(C(C)(C)C)cc1)N(C)C. The molecule has 1 aromatic rings. The minimum absolute atomic E-state index is 0.00699. The Morgan fingerprint density at radius 1 is 1.00 bits per heavy atom. The van der Waals surface area contributed by atoms with E-state index in [0.717, 1.165) is 11.5 Å². The molecule has 0 fully saturated rings. The van der Waals surface area contributed by atoms with Gasteiger partial charge in [0.05, 0.1) is 17.2 Å². The van der Waals surface area contributed by atoms with Gasteiger partial charge in [0.1, 0.15) is 0 Å². The molecule has 0 atom stereocenters. The van der Waals surface area contributed by atoms with E-state index in [0.29, 0.717) is 4.90 Å². The van der Waals surface area contributed by atoms with Gasteiger partial charge in [-0.2, -0.15) is 0 Å². The Morgan fingerprint density at radius 3 is 1.87 bits per heavy atom. The second kappa shape index (κ2) is 7.34. The molecule has 0 aromatic heterocycles. The molecule has 0 amide bonds. The quantitative estimate of drug-likeness (QED) is 0.623. The Balaban J connectivity index is 2.86. The average Bonchev–Trinajstić information content (AvgIpc) is 2.42. The highest BCUT2D eigenvalue weighted by Crippen LogP contribution is 2.23. The first-order valence-electron chi connectivity index (χ1n) is 7.67. The van der Waals surface area contributed by atoms with Crippen LogP contribution in [0.15, 0.2) is 34.2 Å². The summed E-state index contributed by atoms with van der Waals surface area (Å²) in [6, 6.07) is 7.17. The molecule has 6 heteroatoms. The molecule has 23 heavy (non-hydrogen) atoms. The zero-order chi connectivity index (χ0) is 17.8. The average molecular weight is 340 g/mol. The van der Waals surface area contributed by atoms with Gasteiger partial charge < -0.3 is 9.80 Å². The third-order valence-corrected chi connectivity index (χ3v) is 5.20. The second-order valence-electron chi connectivity index (χ2n) is 7.06. The summed E-state index contributed by atoms with van der Waals surface area (Å²) in [6.45, 7) is 6.56. The first-order chi connectivity index (χ1) is 10.4. The summed E-state index contributed by atoms with van der Waals surface area (Å²) < 4.78 is 24.8. The molecule has 0 bridgehead atoms. The first-order valence-corrected chi connectivity index (χ1v) is 9.33. The van der Waals surface area contributed by atoms with Crippen molar-refractivity contribution in [2.75, 3.05) is 40.5 Å². The zero-order valence-electron chi connectivity index (χ0n) is 15.3. The molecular weight excluding hydrogens is 310 g/mol. The van der Waals surface area contributed by atoms with Gasteiger partial charge >= 0.3 is 0 Å². The minimum atomic E-state index is -3.31. The lowest BCUT2D eigenvalue weighted by atomic mass is 9.87. The molecule has 0 unspecified atom stereocenters. The van der Waals surface area contributed by atoms with E-state index < -0.39 is 9.84 Å². The largest absolute Gasteiger partial charge is 0.349 e. The number of rotatable bonds is 4. The maximum absolute atomic E-state index is 12.4. The second-order valence-corrected chi connectivity index (χ2v) is 9.17. The highest BCUT2D eigenvalue weighted by molar-refractivity contribution is 7.91. The summed E-state index contributed by atoms with van der Waals surface area (Å²) in [7, 11) is 4.24. The van der Waals surface area contributed by atoms with E-state index in [4.69, 9.17) is 0 Å². The van der Waals surface area contributed by atoms with Crippen LogP contribution in [0.25, 0.3) is 0 Å². The fourth-order valence-corrected chi connectivity index (χ4v) is 3.35. The van der Waals surface area contributed by atoms with Crippen LogP contribution in [0.5, 0.6) is 0 Å². The van der Waals surface area contributed by atoms with Gasteiger partial charge in [-0.25, -0.2) is 8.42 Å². The molecule has 0 radical (unpaired) electrons. The molecule has 0 aliphatic heterocycles. The van der Waals surface area contributed by atoms with Crippen LogP contribution in [-0.4, -0.2) is 64.7 Å². The van der Waals surface area contributed by atoms with Gasteiger partial charge in [0.2, 0.25) is 0 Å². The van der Waals surface area contributed by atoms with Gasteiger partial charge in [-0.1, -0.05) is 32.9 Å². The number of hydrogen-bond donors (Lipinski definition) is 0. The molecule has 0 aliphatic carbocycles. The third-order valence-electron chi connectivity index (χ3n) is 3.49. The number of hydrogen-bond acceptors (Lipinski definition) is 3. The Kier molecular flexibility index (Phi) is 6.22. The highest BCUT2D eigenvalue weighted by Gasteiger charge is 2.17. The molecular formula is C17H29N3O2S. The molecule has 5 nitrogen and oxygen atoms in total. The van der Waals surface area contributed by atoms with Crippen molar-refractivity contribution in [3.05, 3.63) is 29.8 Å². The van der Waals surface area contributed by atoms with Crippen molar-refractivity contribution >= 4 is 15.8 Å². The zero-order valence-corrected chi connectivity index (χ0v) is 16.1. The smallest absolute Gasteiger partial charge is 0.195 e. The van der Waals surface area contributed by atoms with Crippen molar-refractivity contribution in [2.45, 2.75) is 31.1 Å². The molecule has 0 saturated carbocycles. The number of sulfone groups is 1. The van der Waals surface area contributed by atoms with Crippen LogP contribution >= 0.6 is 0 Å². The predicted molar refractivity (Wildman–Crippen MR) is 96.9 cm³/mol. The number of guanidine groups is 1. The lowest BCUT2D eigenvalue weighted by Gasteiger charge is -2.22. The van der Waals surface area contributed by atoms with Gasteiger partial charge in [0.25, 0.3) is 0 Å². The molecule has 0 heterocycles. The van der Waals surface area contributed by atoms with Crippen molar-refractivity contribution < 1.29 is 8.42 Å². The topological polar surface area (TPSA) is 53.0 Å². The van der Waals surface area contributed by atoms with Crippen molar-refractivity contribution in [3.63, 3.8) is 0 Å². The lowest BCUT2D eigenvalue weighted by molar-refractivity contribution is 0.480. The summed E-state index contributed by atoms with van der Waals surface area (Å²) in [5.41, 5.74) is 1.14. The normalized spacial score (nSPS) is 12.0. The fourth-order valence-electron chi connectivity index (χ4n) is 2.23. The van der Waals surface area contributed by atoms with Crippen LogP contribution in [0.4, 0.5) is 0 Å². The van der Waals surface area contributed by atoms with Crippen LogP contribution < -0.4 is 0 Å². The monoisotopic (exact) mass is 339 g/mol.